The molecule has 0 spiro atoms. The number of carbonyl (C=O) groups is 1. The number of aromatic nitrogens is 3. The summed E-state index contributed by atoms with van der Waals surface area (Å²) in [6.07, 6.45) is 5.85. The van der Waals surface area contributed by atoms with Gasteiger partial charge in [-0.3, -0.25) is 19.3 Å². The number of piperidine rings is 1. The van der Waals surface area contributed by atoms with E-state index in [1.54, 1.807) is 4.68 Å². The molecule has 7 nitrogen and oxygen atoms in total. The topological polar surface area (TPSA) is 74.5 Å². The molecule has 1 unspecified atom stereocenters. The van der Waals surface area contributed by atoms with E-state index in [0.717, 1.165) is 57.6 Å². The molecule has 0 amide bonds. The summed E-state index contributed by atoms with van der Waals surface area (Å²) in [5, 5.41) is 17.4. The highest BCUT2D eigenvalue weighted by Gasteiger charge is 2.36. The van der Waals surface area contributed by atoms with Crippen molar-refractivity contribution in [3.05, 3.63) is 11.9 Å². The molecule has 2 fully saturated rings. The molecule has 0 aromatic carbocycles. The van der Waals surface area contributed by atoms with Gasteiger partial charge in [0.15, 0.2) is 0 Å². The van der Waals surface area contributed by atoms with Crippen molar-refractivity contribution < 1.29 is 9.90 Å². The van der Waals surface area contributed by atoms with Crippen LogP contribution in [-0.2, 0) is 18.4 Å². The fraction of sp³-hybridized carbons (Fsp3) is 0.786. The van der Waals surface area contributed by atoms with E-state index in [4.69, 9.17) is 0 Å². The van der Waals surface area contributed by atoms with Crippen LogP contribution in [0, 0.1) is 0 Å². The summed E-state index contributed by atoms with van der Waals surface area (Å²) < 4.78 is 1.73. The van der Waals surface area contributed by atoms with Crippen LogP contribution in [-0.4, -0.2) is 67.6 Å². The second-order valence-electron chi connectivity index (χ2n) is 6.12. The molecule has 2 aliphatic heterocycles. The van der Waals surface area contributed by atoms with Crippen LogP contribution in [0.4, 0.5) is 0 Å². The van der Waals surface area contributed by atoms with Crippen LogP contribution in [0.2, 0.25) is 0 Å². The lowest BCUT2D eigenvalue weighted by molar-refractivity contribution is -0.143. The Bertz CT molecular complexity index is 495. The van der Waals surface area contributed by atoms with Crippen molar-refractivity contribution >= 4 is 5.97 Å². The fourth-order valence-electron chi connectivity index (χ4n) is 3.60. The molecular formula is C14H23N5O2. The molecule has 1 atom stereocenters. The van der Waals surface area contributed by atoms with Crippen molar-refractivity contribution in [3.63, 3.8) is 0 Å². The van der Waals surface area contributed by atoms with Gasteiger partial charge >= 0.3 is 5.97 Å². The van der Waals surface area contributed by atoms with Gasteiger partial charge in [-0.2, -0.15) is 0 Å². The summed E-state index contributed by atoms with van der Waals surface area (Å²) in [4.78, 5) is 15.9. The summed E-state index contributed by atoms with van der Waals surface area (Å²) in [5.74, 6) is -0.658. The van der Waals surface area contributed by atoms with E-state index < -0.39 is 5.97 Å². The number of carboxylic acids is 1. The molecule has 3 heterocycles. The third-order valence-corrected chi connectivity index (χ3v) is 4.64. The Morgan fingerprint density at radius 1 is 1.33 bits per heavy atom. The Hall–Kier alpha value is -1.47. The van der Waals surface area contributed by atoms with Crippen molar-refractivity contribution in [3.8, 4) is 0 Å². The van der Waals surface area contributed by atoms with Crippen molar-refractivity contribution in [2.75, 3.05) is 19.6 Å². The first-order chi connectivity index (χ1) is 10.1. The Balaban J connectivity index is 1.52. The van der Waals surface area contributed by atoms with Crippen LogP contribution in [0.1, 0.15) is 31.4 Å². The molecule has 2 aliphatic rings. The molecule has 0 bridgehead atoms. The molecule has 1 aromatic rings. The zero-order valence-corrected chi connectivity index (χ0v) is 12.5. The van der Waals surface area contributed by atoms with Gasteiger partial charge in [-0.25, -0.2) is 0 Å². The molecule has 1 aromatic heterocycles. The second kappa shape index (κ2) is 6.11. The SMILES string of the molecule is Cn1cc(CN2CCC(N3CCCC3C(=O)O)CC2)nn1. The number of aliphatic carboxylic acids is 1. The third-order valence-electron chi connectivity index (χ3n) is 4.64. The van der Waals surface area contributed by atoms with E-state index in [1.165, 1.54) is 0 Å². The van der Waals surface area contributed by atoms with Gasteiger partial charge in [0.05, 0.1) is 5.69 Å². The van der Waals surface area contributed by atoms with E-state index in [2.05, 4.69) is 20.1 Å². The minimum Gasteiger partial charge on any atom is -0.480 e. The number of hydrogen-bond acceptors (Lipinski definition) is 5. The lowest BCUT2D eigenvalue weighted by Gasteiger charge is -2.38. The van der Waals surface area contributed by atoms with Crippen LogP contribution in [0.3, 0.4) is 0 Å². The maximum absolute atomic E-state index is 11.3. The quantitative estimate of drug-likeness (QED) is 0.862. The highest BCUT2D eigenvalue weighted by Crippen LogP contribution is 2.26. The number of carboxylic acid groups (broad SMARTS) is 1. The summed E-state index contributed by atoms with van der Waals surface area (Å²) >= 11 is 0. The third kappa shape index (κ3) is 3.24. The molecule has 0 saturated carbocycles. The maximum atomic E-state index is 11.3. The van der Waals surface area contributed by atoms with Crippen molar-refractivity contribution in [2.45, 2.75) is 44.3 Å². The summed E-state index contributed by atoms with van der Waals surface area (Å²) in [6, 6.07) is 0.160. The zero-order chi connectivity index (χ0) is 14.8. The number of nitrogens with zero attached hydrogens (tertiary/aromatic N) is 5. The molecule has 7 heteroatoms. The molecule has 1 N–H and O–H groups in total. The minimum absolute atomic E-state index is 0.262. The molecule has 0 radical (unpaired) electrons. The molecule has 2 saturated heterocycles. The predicted molar refractivity (Wildman–Crippen MR) is 76.7 cm³/mol. The lowest BCUT2D eigenvalue weighted by atomic mass is 10.0. The first-order valence-corrected chi connectivity index (χ1v) is 7.69. The average molecular weight is 293 g/mol. The van der Waals surface area contributed by atoms with Crippen LogP contribution in [0.5, 0.6) is 0 Å². The number of aryl methyl sites for hydroxylation is 1. The van der Waals surface area contributed by atoms with E-state index in [9.17, 15) is 9.90 Å². The Morgan fingerprint density at radius 2 is 2.10 bits per heavy atom. The van der Waals surface area contributed by atoms with E-state index >= 15 is 0 Å². The average Bonchev–Trinajstić information content (AvgIpc) is 3.09. The molecule has 116 valence electrons. The minimum atomic E-state index is -0.658. The molecule has 21 heavy (non-hydrogen) atoms. The Labute approximate surface area is 124 Å². The zero-order valence-electron chi connectivity index (χ0n) is 12.5. The van der Waals surface area contributed by atoms with Crippen LogP contribution < -0.4 is 0 Å². The Morgan fingerprint density at radius 3 is 2.71 bits per heavy atom. The number of hydrogen-bond donors (Lipinski definition) is 1. The van der Waals surface area contributed by atoms with Gasteiger partial charge in [0.25, 0.3) is 0 Å². The summed E-state index contributed by atoms with van der Waals surface area (Å²) in [7, 11) is 1.88. The van der Waals surface area contributed by atoms with E-state index in [0.29, 0.717) is 6.04 Å². The lowest BCUT2D eigenvalue weighted by Crippen LogP contribution is -2.48. The van der Waals surface area contributed by atoms with Crippen molar-refractivity contribution in [2.24, 2.45) is 7.05 Å². The molecular weight excluding hydrogens is 270 g/mol. The smallest absolute Gasteiger partial charge is 0.320 e. The van der Waals surface area contributed by atoms with Gasteiger partial charge in [0, 0.05) is 38.9 Å². The number of likely N-dealkylation sites (tertiary alicyclic amines) is 2. The highest BCUT2D eigenvalue weighted by molar-refractivity contribution is 5.73. The second-order valence-corrected chi connectivity index (χ2v) is 6.12. The van der Waals surface area contributed by atoms with Gasteiger partial charge in [0.2, 0.25) is 0 Å². The first kappa shape index (κ1) is 14.5. The predicted octanol–water partition coefficient (Wildman–Crippen LogP) is 0.329. The monoisotopic (exact) mass is 293 g/mol. The summed E-state index contributed by atoms with van der Waals surface area (Å²) in [5.41, 5.74) is 1.00. The number of rotatable bonds is 4. The van der Waals surface area contributed by atoms with Gasteiger partial charge < -0.3 is 5.11 Å². The van der Waals surface area contributed by atoms with Crippen LogP contribution in [0.25, 0.3) is 0 Å². The van der Waals surface area contributed by atoms with Gasteiger partial charge in [-0.15, -0.1) is 5.10 Å². The van der Waals surface area contributed by atoms with Crippen LogP contribution in [0.15, 0.2) is 6.20 Å². The fourth-order valence-corrected chi connectivity index (χ4v) is 3.60. The summed E-state index contributed by atoms with van der Waals surface area (Å²) in [6.45, 7) is 3.78. The normalized spacial score (nSPS) is 25.5. The van der Waals surface area contributed by atoms with Gasteiger partial charge in [0.1, 0.15) is 6.04 Å². The van der Waals surface area contributed by atoms with Gasteiger partial charge in [-0.05, 0) is 32.2 Å². The molecule has 3 rings (SSSR count). The maximum Gasteiger partial charge on any atom is 0.320 e. The van der Waals surface area contributed by atoms with Crippen molar-refractivity contribution in [1.29, 1.82) is 0 Å². The van der Waals surface area contributed by atoms with E-state index in [-0.39, 0.29) is 6.04 Å². The molecule has 0 aliphatic carbocycles. The first-order valence-electron chi connectivity index (χ1n) is 7.69. The van der Waals surface area contributed by atoms with Gasteiger partial charge in [-0.1, -0.05) is 5.21 Å². The Kier molecular flexibility index (Phi) is 4.21. The van der Waals surface area contributed by atoms with Crippen LogP contribution >= 0.6 is 0 Å². The highest BCUT2D eigenvalue weighted by atomic mass is 16.4. The van der Waals surface area contributed by atoms with E-state index in [1.807, 2.05) is 13.2 Å². The standard InChI is InChI=1S/C14H23N5O2/c1-17-9-11(15-16-17)10-18-7-4-12(5-8-18)19-6-2-3-13(19)14(20)21/h9,12-13H,2-8,10H2,1H3,(H,20,21). The van der Waals surface area contributed by atoms with Crippen molar-refractivity contribution in [1.82, 2.24) is 24.8 Å². The largest absolute Gasteiger partial charge is 0.480 e.